The third kappa shape index (κ3) is 2.53. The molecule has 4 rings (SSSR count). The number of carbonyl (C=O) groups is 1. The normalized spacial score (nSPS) is 24.0. The van der Waals surface area contributed by atoms with Gasteiger partial charge in [-0.05, 0) is 54.6 Å². The lowest BCUT2D eigenvalue weighted by molar-refractivity contribution is -0.150. The molecule has 1 aliphatic carbocycles. The molecular weight excluding hydrogens is 286 g/mol. The Morgan fingerprint density at radius 1 is 1.26 bits per heavy atom. The summed E-state index contributed by atoms with van der Waals surface area (Å²) >= 11 is 0. The van der Waals surface area contributed by atoms with Crippen LogP contribution in [0.15, 0.2) is 36.4 Å². The first-order chi connectivity index (χ1) is 11.3. The first-order valence-corrected chi connectivity index (χ1v) is 8.69. The van der Waals surface area contributed by atoms with E-state index in [-0.39, 0.29) is 11.9 Å². The number of rotatable bonds is 3. The molecule has 1 heterocycles. The average Bonchev–Trinajstić information content (AvgIpc) is 2.97. The van der Waals surface area contributed by atoms with E-state index in [0.29, 0.717) is 12.6 Å². The number of carbonyl (C=O) groups excluding carboxylic acids is 1. The molecule has 3 heteroatoms. The van der Waals surface area contributed by atoms with Gasteiger partial charge in [0.2, 0.25) is 0 Å². The number of likely N-dealkylation sites (tertiary alicyclic amines) is 1. The van der Waals surface area contributed by atoms with E-state index in [0.717, 1.165) is 32.4 Å². The lowest BCUT2D eigenvalue weighted by atomic mass is 9.95. The third-order valence-electron chi connectivity index (χ3n) is 5.31. The van der Waals surface area contributed by atoms with Crippen LogP contribution in [0.5, 0.6) is 0 Å². The molecule has 1 saturated heterocycles. The molecule has 0 spiro atoms. The standard InChI is InChI=1S/C20H23NO2/c1-2-23-20(22)16-9-5-11-21(13-16)18-12-15-8-3-6-14-7-4-10-17(18)19(14)15/h3-4,6-8,10,16,18H,2,5,9,11-13H2,1H3/t16?,18-/m1/s1. The van der Waals surface area contributed by atoms with Gasteiger partial charge in [-0.15, -0.1) is 0 Å². The van der Waals surface area contributed by atoms with Gasteiger partial charge in [-0.2, -0.15) is 0 Å². The Morgan fingerprint density at radius 3 is 2.91 bits per heavy atom. The van der Waals surface area contributed by atoms with Gasteiger partial charge in [0, 0.05) is 12.6 Å². The number of nitrogens with zero attached hydrogens (tertiary/aromatic N) is 1. The van der Waals surface area contributed by atoms with E-state index in [1.54, 1.807) is 0 Å². The van der Waals surface area contributed by atoms with Crippen LogP contribution in [0.1, 0.15) is 36.9 Å². The fraction of sp³-hybridized carbons (Fsp3) is 0.450. The zero-order chi connectivity index (χ0) is 15.8. The Labute approximate surface area is 137 Å². The highest BCUT2D eigenvalue weighted by molar-refractivity contribution is 5.91. The van der Waals surface area contributed by atoms with Crippen LogP contribution in [0.2, 0.25) is 0 Å². The fourth-order valence-electron chi connectivity index (χ4n) is 4.28. The second-order valence-corrected chi connectivity index (χ2v) is 6.67. The van der Waals surface area contributed by atoms with E-state index >= 15 is 0 Å². The molecule has 3 nitrogen and oxygen atoms in total. The van der Waals surface area contributed by atoms with Crippen molar-refractivity contribution in [3.63, 3.8) is 0 Å². The van der Waals surface area contributed by atoms with E-state index in [1.165, 1.54) is 21.9 Å². The Morgan fingerprint density at radius 2 is 2.09 bits per heavy atom. The lowest BCUT2D eigenvalue weighted by Gasteiger charge is -2.36. The monoisotopic (exact) mass is 309 g/mol. The van der Waals surface area contributed by atoms with Crippen molar-refractivity contribution in [2.24, 2.45) is 5.92 Å². The maximum Gasteiger partial charge on any atom is 0.310 e. The number of hydrogen-bond donors (Lipinski definition) is 0. The summed E-state index contributed by atoms with van der Waals surface area (Å²) in [7, 11) is 0. The summed E-state index contributed by atoms with van der Waals surface area (Å²) in [6.45, 7) is 4.26. The van der Waals surface area contributed by atoms with Crippen LogP contribution in [-0.4, -0.2) is 30.6 Å². The minimum atomic E-state index is -0.0223. The predicted octanol–water partition coefficient (Wildman–Crippen LogP) is 3.71. The molecule has 1 aliphatic heterocycles. The van der Waals surface area contributed by atoms with E-state index in [1.807, 2.05) is 6.92 Å². The minimum absolute atomic E-state index is 0.0223. The highest BCUT2D eigenvalue weighted by Crippen LogP contribution is 2.41. The lowest BCUT2D eigenvalue weighted by Crippen LogP contribution is -2.41. The summed E-state index contributed by atoms with van der Waals surface area (Å²) in [6.07, 6.45) is 3.09. The molecule has 120 valence electrons. The molecule has 0 bridgehead atoms. The molecule has 0 radical (unpaired) electrons. The van der Waals surface area contributed by atoms with Crippen LogP contribution < -0.4 is 0 Å². The van der Waals surface area contributed by atoms with Crippen LogP contribution in [-0.2, 0) is 16.0 Å². The zero-order valence-electron chi connectivity index (χ0n) is 13.6. The fourth-order valence-corrected chi connectivity index (χ4v) is 4.28. The van der Waals surface area contributed by atoms with Crippen LogP contribution in [0.4, 0.5) is 0 Å². The van der Waals surface area contributed by atoms with Crippen molar-refractivity contribution < 1.29 is 9.53 Å². The second kappa shape index (κ2) is 5.97. The molecule has 2 aromatic carbocycles. The van der Waals surface area contributed by atoms with Crippen LogP contribution >= 0.6 is 0 Å². The molecule has 0 N–H and O–H groups in total. The Balaban J connectivity index is 1.60. The molecule has 0 aromatic heterocycles. The quantitative estimate of drug-likeness (QED) is 0.810. The summed E-state index contributed by atoms with van der Waals surface area (Å²) in [6, 6.07) is 13.6. The largest absolute Gasteiger partial charge is 0.466 e. The van der Waals surface area contributed by atoms with Crippen LogP contribution in [0, 0.1) is 5.92 Å². The van der Waals surface area contributed by atoms with Gasteiger partial charge in [0.15, 0.2) is 0 Å². The molecule has 0 saturated carbocycles. The van der Waals surface area contributed by atoms with Gasteiger partial charge in [-0.3, -0.25) is 9.69 Å². The molecule has 2 aliphatic rings. The summed E-state index contributed by atoms with van der Waals surface area (Å²) in [5.74, 6) is 0.0116. The first-order valence-electron chi connectivity index (χ1n) is 8.69. The number of esters is 1. The van der Waals surface area contributed by atoms with Crippen molar-refractivity contribution in [1.29, 1.82) is 0 Å². The molecule has 1 unspecified atom stereocenters. The summed E-state index contributed by atoms with van der Waals surface area (Å²) in [5, 5.41) is 2.76. The summed E-state index contributed by atoms with van der Waals surface area (Å²) in [4.78, 5) is 14.6. The highest BCUT2D eigenvalue weighted by atomic mass is 16.5. The van der Waals surface area contributed by atoms with Crippen molar-refractivity contribution in [3.8, 4) is 0 Å². The van der Waals surface area contributed by atoms with E-state index < -0.39 is 0 Å². The molecule has 2 atom stereocenters. The van der Waals surface area contributed by atoms with E-state index in [9.17, 15) is 4.79 Å². The van der Waals surface area contributed by atoms with Gasteiger partial charge in [-0.1, -0.05) is 36.4 Å². The minimum Gasteiger partial charge on any atom is -0.466 e. The summed E-state index contributed by atoms with van der Waals surface area (Å²) in [5.41, 5.74) is 2.88. The second-order valence-electron chi connectivity index (χ2n) is 6.67. The van der Waals surface area contributed by atoms with Gasteiger partial charge in [0.05, 0.1) is 12.5 Å². The highest BCUT2D eigenvalue weighted by Gasteiger charge is 2.34. The maximum absolute atomic E-state index is 12.1. The Hall–Kier alpha value is -1.87. The number of benzene rings is 2. The van der Waals surface area contributed by atoms with Crippen LogP contribution in [0.3, 0.4) is 0 Å². The molecule has 1 fully saturated rings. The van der Waals surface area contributed by atoms with Crippen molar-refractivity contribution in [3.05, 3.63) is 47.5 Å². The van der Waals surface area contributed by atoms with E-state index in [2.05, 4.69) is 41.3 Å². The Kier molecular flexibility index (Phi) is 3.82. The number of hydrogen-bond acceptors (Lipinski definition) is 3. The van der Waals surface area contributed by atoms with Gasteiger partial charge in [-0.25, -0.2) is 0 Å². The Bertz CT molecular complexity index is 734. The average molecular weight is 309 g/mol. The van der Waals surface area contributed by atoms with Crippen LogP contribution in [0.25, 0.3) is 10.8 Å². The summed E-state index contributed by atoms with van der Waals surface area (Å²) < 4.78 is 5.25. The third-order valence-corrected chi connectivity index (χ3v) is 5.31. The van der Waals surface area contributed by atoms with Crippen molar-refractivity contribution >= 4 is 16.7 Å². The number of ether oxygens (including phenoxy) is 1. The SMILES string of the molecule is CCOC(=O)C1CCCN([C@@H]2Cc3cccc4cccc2c34)C1. The van der Waals surface area contributed by atoms with Gasteiger partial charge >= 0.3 is 5.97 Å². The first kappa shape index (κ1) is 14.7. The number of piperidine rings is 1. The maximum atomic E-state index is 12.1. The topological polar surface area (TPSA) is 29.5 Å². The van der Waals surface area contributed by atoms with Crippen molar-refractivity contribution in [2.75, 3.05) is 19.7 Å². The predicted molar refractivity (Wildman–Crippen MR) is 91.3 cm³/mol. The molecule has 0 amide bonds. The van der Waals surface area contributed by atoms with E-state index in [4.69, 9.17) is 4.74 Å². The van der Waals surface area contributed by atoms with Crippen molar-refractivity contribution in [1.82, 2.24) is 4.90 Å². The smallest absolute Gasteiger partial charge is 0.310 e. The van der Waals surface area contributed by atoms with Gasteiger partial charge in [0.1, 0.15) is 0 Å². The van der Waals surface area contributed by atoms with Gasteiger partial charge < -0.3 is 4.74 Å². The van der Waals surface area contributed by atoms with Crippen molar-refractivity contribution in [2.45, 2.75) is 32.2 Å². The van der Waals surface area contributed by atoms with Gasteiger partial charge in [0.25, 0.3) is 0 Å². The molecule has 2 aromatic rings. The molecule has 23 heavy (non-hydrogen) atoms. The zero-order valence-corrected chi connectivity index (χ0v) is 13.6. The molecular formula is C20H23NO2.